The van der Waals surface area contributed by atoms with Crippen molar-refractivity contribution < 1.29 is 9.53 Å². The van der Waals surface area contributed by atoms with Gasteiger partial charge in [-0.1, -0.05) is 23.2 Å². The molecule has 1 rings (SSSR count). The summed E-state index contributed by atoms with van der Waals surface area (Å²) in [6.45, 7) is 3.46. The number of amides is 1. The van der Waals surface area contributed by atoms with Gasteiger partial charge in [0.25, 0.3) is 0 Å². The molecular formula is C8H9Cl2N3O2. The molecule has 5 nitrogen and oxygen atoms in total. The molecule has 0 fully saturated rings. The second kappa shape index (κ2) is 5.14. The lowest BCUT2D eigenvalue weighted by molar-refractivity contribution is 0.129. The SMILES string of the molecule is CC(C)OC(=O)Nc1nc(Cl)cc(Cl)n1. The van der Waals surface area contributed by atoms with Crippen molar-refractivity contribution in [1.29, 1.82) is 0 Å². The Hall–Kier alpha value is -1.07. The first-order valence-corrected chi connectivity index (χ1v) is 4.90. The van der Waals surface area contributed by atoms with Gasteiger partial charge in [0.1, 0.15) is 10.3 Å². The Balaban J connectivity index is 2.68. The average Bonchev–Trinajstić information content (AvgIpc) is 1.98. The van der Waals surface area contributed by atoms with Crippen LogP contribution in [-0.2, 0) is 4.74 Å². The smallest absolute Gasteiger partial charge is 0.414 e. The summed E-state index contributed by atoms with van der Waals surface area (Å²) in [4.78, 5) is 18.6. The van der Waals surface area contributed by atoms with Crippen molar-refractivity contribution in [2.45, 2.75) is 20.0 Å². The summed E-state index contributed by atoms with van der Waals surface area (Å²) in [6, 6.07) is 1.36. The highest BCUT2D eigenvalue weighted by Gasteiger charge is 2.08. The molecular weight excluding hydrogens is 241 g/mol. The summed E-state index contributed by atoms with van der Waals surface area (Å²) in [7, 11) is 0. The van der Waals surface area contributed by atoms with Crippen LogP contribution < -0.4 is 5.32 Å². The van der Waals surface area contributed by atoms with Gasteiger partial charge in [0.05, 0.1) is 6.10 Å². The van der Waals surface area contributed by atoms with E-state index in [1.54, 1.807) is 13.8 Å². The second-order valence-electron chi connectivity index (χ2n) is 2.92. The Labute approximate surface area is 96.8 Å². The molecule has 0 atom stereocenters. The number of aromatic nitrogens is 2. The number of carbonyl (C=O) groups is 1. The topological polar surface area (TPSA) is 64.1 Å². The minimum absolute atomic E-state index is 0.0122. The highest BCUT2D eigenvalue weighted by Crippen LogP contribution is 2.14. The Bertz CT molecular complexity index is 351. The van der Waals surface area contributed by atoms with E-state index in [2.05, 4.69) is 15.3 Å². The maximum absolute atomic E-state index is 11.1. The van der Waals surface area contributed by atoms with E-state index in [1.165, 1.54) is 6.07 Å². The number of nitrogens with one attached hydrogen (secondary N) is 1. The van der Waals surface area contributed by atoms with Gasteiger partial charge in [-0.25, -0.2) is 14.8 Å². The lowest BCUT2D eigenvalue weighted by Crippen LogP contribution is -2.19. The molecule has 0 aliphatic carbocycles. The lowest BCUT2D eigenvalue weighted by Gasteiger charge is -2.08. The second-order valence-corrected chi connectivity index (χ2v) is 3.69. The highest BCUT2D eigenvalue weighted by molar-refractivity contribution is 6.33. The molecule has 0 spiro atoms. The average molecular weight is 250 g/mol. The number of hydrogen-bond acceptors (Lipinski definition) is 4. The number of anilines is 1. The minimum atomic E-state index is -0.650. The maximum atomic E-state index is 11.1. The van der Waals surface area contributed by atoms with Crippen molar-refractivity contribution in [3.05, 3.63) is 16.4 Å². The molecule has 7 heteroatoms. The maximum Gasteiger partial charge on any atom is 0.414 e. The molecule has 0 radical (unpaired) electrons. The first-order valence-electron chi connectivity index (χ1n) is 4.15. The number of hydrogen-bond donors (Lipinski definition) is 1. The van der Waals surface area contributed by atoms with Gasteiger partial charge in [-0.05, 0) is 13.8 Å². The fourth-order valence-corrected chi connectivity index (χ4v) is 1.20. The van der Waals surface area contributed by atoms with Crippen molar-refractivity contribution in [2.75, 3.05) is 5.32 Å². The van der Waals surface area contributed by atoms with Gasteiger partial charge in [0.15, 0.2) is 0 Å². The first-order chi connectivity index (χ1) is 6.97. The van der Waals surface area contributed by atoms with Crippen LogP contribution in [0.25, 0.3) is 0 Å². The predicted molar refractivity (Wildman–Crippen MR) is 57.3 cm³/mol. The quantitative estimate of drug-likeness (QED) is 0.819. The summed E-state index contributed by atoms with van der Waals surface area (Å²) >= 11 is 11.2. The summed E-state index contributed by atoms with van der Waals surface area (Å²) in [6.07, 6.45) is -0.872. The summed E-state index contributed by atoms with van der Waals surface area (Å²) in [5.74, 6) is 0.0122. The summed E-state index contributed by atoms with van der Waals surface area (Å²) in [5, 5.41) is 2.60. The fraction of sp³-hybridized carbons (Fsp3) is 0.375. The molecule has 0 saturated carbocycles. The van der Waals surface area contributed by atoms with Crippen LogP contribution in [0, 0.1) is 0 Å². The summed E-state index contributed by atoms with van der Waals surface area (Å²) in [5.41, 5.74) is 0. The van der Waals surface area contributed by atoms with Gasteiger partial charge < -0.3 is 4.74 Å². The van der Waals surface area contributed by atoms with Crippen LogP contribution in [-0.4, -0.2) is 22.2 Å². The van der Waals surface area contributed by atoms with Gasteiger partial charge in [-0.15, -0.1) is 0 Å². The largest absolute Gasteiger partial charge is 0.447 e. The number of rotatable bonds is 2. The van der Waals surface area contributed by atoms with Crippen molar-refractivity contribution in [2.24, 2.45) is 0 Å². The van der Waals surface area contributed by atoms with E-state index < -0.39 is 6.09 Å². The van der Waals surface area contributed by atoms with E-state index in [9.17, 15) is 4.79 Å². The third-order valence-electron chi connectivity index (χ3n) is 1.22. The third-order valence-corrected chi connectivity index (χ3v) is 1.61. The Morgan fingerprint density at radius 2 is 1.93 bits per heavy atom. The molecule has 1 N–H and O–H groups in total. The van der Waals surface area contributed by atoms with Crippen molar-refractivity contribution in [3.8, 4) is 0 Å². The van der Waals surface area contributed by atoms with Crippen LogP contribution in [0.1, 0.15) is 13.8 Å². The lowest BCUT2D eigenvalue weighted by atomic mass is 10.5. The van der Waals surface area contributed by atoms with E-state index in [1.807, 2.05) is 0 Å². The van der Waals surface area contributed by atoms with Gasteiger partial charge in [0, 0.05) is 6.07 Å². The normalized spacial score (nSPS) is 10.2. The molecule has 1 aromatic heterocycles. The molecule has 0 aromatic carbocycles. The molecule has 0 unspecified atom stereocenters. The zero-order valence-electron chi connectivity index (χ0n) is 8.12. The zero-order valence-corrected chi connectivity index (χ0v) is 9.63. The Morgan fingerprint density at radius 1 is 1.40 bits per heavy atom. The van der Waals surface area contributed by atoms with Crippen molar-refractivity contribution in [3.63, 3.8) is 0 Å². The van der Waals surface area contributed by atoms with Crippen LogP contribution in [0.5, 0.6) is 0 Å². The van der Waals surface area contributed by atoms with Crippen LogP contribution in [0.4, 0.5) is 10.7 Å². The molecule has 82 valence electrons. The molecule has 15 heavy (non-hydrogen) atoms. The Morgan fingerprint density at radius 3 is 2.40 bits per heavy atom. The fourth-order valence-electron chi connectivity index (χ4n) is 0.781. The molecule has 1 heterocycles. The minimum Gasteiger partial charge on any atom is -0.447 e. The van der Waals surface area contributed by atoms with Crippen LogP contribution in [0.15, 0.2) is 6.07 Å². The van der Waals surface area contributed by atoms with Crippen molar-refractivity contribution >= 4 is 35.2 Å². The standard InChI is InChI=1S/C8H9Cl2N3O2/c1-4(2)15-8(14)13-7-11-5(9)3-6(10)12-7/h3-4H,1-2H3,(H,11,12,13,14). The van der Waals surface area contributed by atoms with Gasteiger partial charge >= 0.3 is 6.09 Å². The number of carbonyl (C=O) groups excluding carboxylic acids is 1. The van der Waals surface area contributed by atoms with E-state index in [0.29, 0.717) is 0 Å². The number of ether oxygens (including phenoxy) is 1. The van der Waals surface area contributed by atoms with Crippen molar-refractivity contribution in [1.82, 2.24) is 9.97 Å². The van der Waals surface area contributed by atoms with Crippen LogP contribution in [0.2, 0.25) is 10.3 Å². The number of halogens is 2. The molecule has 0 bridgehead atoms. The van der Waals surface area contributed by atoms with Gasteiger partial charge in [-0.3, -0.25) is 5.32 Å². The molecule has 1 aromatic rings. The molecule has 0 aliphatic heterocycles. The molecule has 0 saturated heterocycles. The van der Waals surface area contributed by atoms with Crippen LogP contribution in [0.3, 0.4) is 0 Å². The number of nitrogens with zero attached hydrogens (tertiary/aromatic N) is 2. The van der Waals surface area contributed by atoms with Crippen LogP contribution >= 0.6 is 23.2 Å². The first kappa shape index (κ1) is 12.0. The Kier molecular flexibility index (Phi) is 4.11. The molecule has 0 aliphatic rings. The highest BCUT2D eigenvalue weighted by atomic mass is 35.5. The van der Waals surface area contributed by atoms with Gasteiger partial charge in [0.2, 0.25) is 5.95 Å². The monoisotopic (exact) mass is 249 g/mol. The molecule has 1 amide bonds. The van der Waals surface area contributed by atoms with E-state index in [-0.39, 0.29) is 22.4 Å². The van der Waals surface area contributed by atoms with Gasteiger partial charge in [-0.2, -0.15) is 0 Å². The zero-order chi connectivity index (χ0) is 11.4. The summed E-state index contributed by atoms with van der Waals surface area (Å²) < 4.78 is 4.82. The predicted octanol–water partition coefficient (Wildman–Crippen LogP) is 2.74. The van der Waals surface area contributed by atoms with E-state index >= 15 is 0 Å². The van der Waals surface area contributed by atoms with E-state index in [0.717, 1.165) is 0 Å². The van der Waals surface area contributed by atoms with E-state index in [4.69, 9.17) is 27.9 Å². The third kappa shape index (κ3) is 4.31.